The molecule has 0 aromatic heterocycles. The van der Waals surface area contributed by atoms with E-state index in [2.05, 4.69) is 50.2 Å². The van der Waals surface area contributed by atoms with Crippen LogP contribution in [0, 0.1) is 0 Å². The average molecular weight is 246 g/mol. The first-order chi connectivity index (χ1) is 7.86. The Labute approximate surface area is 108 Å². The van der Waals surface area contributed by atoms with Crippen LogP contribution in [0.15, 0.2) is 36.4 Å². The first-order valence-electron chi connectivity index (χ1n) is 6.36. The highest BCUT2D eigenvalue weighted by Gasteiger charge is 2.04. The lowest BCUT2D eigenvalue weighted by Gasteiger charge is -2.11. The summed E-state index contributed by atoms with van der Waals surface area (Å²) in [5, 5.41) is 2.82. The number of benzene rings is 2. The van der Waals surface area contributed by atoms with Crippen molar-refractivity contribution in [1.82, 2.24) is 0 Å². The zero-order valence-corrected chi connectivity index (χ0v) is 12.4. The molecule has 1 atom stereocenters. The van der Waals surface area contributed by atoms with Gasteiger partial charge in [0.25, 0.3) is 0 Å². The van der Waals surface area contributed by atoms with Crippen LogP contribution >= 0.6 is 9.90 Å². The fourth-order valence-corrected chi connectivity index (χ4v) is 2.40. The van der Waals surface area contributed by atoms with Crippen molar-refractivity contribution in [1.29, 1.82) is 0 Å². The molecular formula is C16H23P. The number of fused-ring (bicyclic) bond motifs is 1. The van der Waals surface area contributed by atoms with E-state index < -0.39 is 0 Å². The minimum absolute atomic E-state index is 0. The SMILES string of the molecule is CCCCc1ccc2ccccc2c1CC.P. The molecule has 0 saturated carbocycles. The molecule has 0 aliphatic heterocycles. The van der Waals surface area contributed by atoms with Gasteiger partial charge < -0.3 is 0 Å². The Morgan fingerprint density at radius 3 is 2.41 bits per heavy atom. The maximum absolute atomic E-state index is 2.32. The van der Waals surface area contributed by atoms with Gasteiger partial charge in [0.05, 0.1) is 0 Å². The van der Waals surface area contributed by atoms with Gasteiger partial charge in [-0.2, -0.15) is 9.90 Å². The van der Waals surface area contributed by atoms with Gasteiger partial charge in [0, 0.05) is 0 Å². The normalized spacial score (nSPS) is 10.2. The molecule has 0 spiro atoms. The molecule has 2 aromatic rings. The van der Waals surface area contributed by atoms with Crippen LogP contribution in [-0.4, -0.2) is 0 Å². The summed E-state index contributed by atoms with van der Waals surface area (Å²) in [5.74, 6) is 0. The molecule has 0 aliphatic carbocycles. The lowest BCUT2D eigenvalue weighted by Crippen LogP contribution is -1.94. The molecule has 0 saturated heterocycles. The zero-order chi connectivity index (χ0) is 11.4. The van der Waals surface area contributed by atoms with Crippen LogP contribution in [0.1, 0.15) is 37.8 Å². The highest BCUT2D eigenvalue weighted by Crippen LogP contribution is 2.24. The van der Waals surface area contributed by atoms with Gasteiger partial charge in [-0.25, -0.2) is 0 Å². The van der Waals surface area contributed by atoms with Crippen molar-refractivity contribution in [2.24, 2.45) is 0 Å². The lowest BCUT2D eigenvalue weighted by atomic mass is 9.94. The van der Waals surface area contributed by atoms with E-state index in [0.717, 1.165) is 6.42 Å². The van der Waals surface area contributed by atoms with Crippen LogP contribution in [-0.2, 0) is 12.8 Å². The molecule has 92 valence electrons. The Bertz CT molecular complexity index is 474. The predicted octanol–water partition coefficient (Wildman–Crippen LogP) is 4.80. The van der Waals surface area contributed by atoms with Crippen molar-refractivity contribution < 1.29 is 0 Å². The minimum atomic E-state index is 0. The van der Waals surface area contributed by atoms with Crippen LogP contribution < -0.4 is 0 Å². The smallest absolute Gasteiger partial charge is 0.0149 e. The molecule has 0 bridgehead atoms. The van der Waals surface area contributed by atoms with E-state index in [1.165, 1.54) is 30.0 Å². The largest absolute Gasteiger partial charge is 0.153 e. The molecule has 0 fully saturated rings. The first-order valence-corrected chi connectivity index (χ1v) is 6.36. The molecule has 2 aromatic carbocycles. The van der Waals surface area contributed by atoms with Gasteiger partial charge in [-0.05, 0) is 41.2 Å². The summed E-state index contributed by atoms with van der Waals surface area (Å²) in [6.45, 7) is 4.52. The van der Waals surface area contributed by atoms with E-state index in [4.69, 9.17) is 0 Å². The van der Waals surface area contributed by atoms with Crippen LogP contribution in [0.5, 0.6) is 0 Å². The zero-order valence-electron chi connectivity index (χ0n) is 11.0. The first kappa shape index (κ1) is 14.2. The summed E-state index contributed by atoms with van der Waals surface area (Å²) in [6.07, 6.45) is 4.94. The van der Waals surface area contributed by atoms with E-state index in [9.17, 15) is 0 Å². The summed E-state index contributed by atoms with van der Waals surface area (Å²) in [4.78, 5) is 0. The van der Waals surface area contributed by atoms with E-state index >= 15 is 0 Å². The Kier molecular flexibility index (Phi) is 5.65. The quantitative estimate of drug-likeness (QED) is 0.679. The van der Waals surface area contributed by atoms with Crippen molar-refractivity contribution >= 4 is 20.7 Å². The summed E-state index contributed by atoms with van der Waals surface area (Å²) >= 11 is 0. The van der Waals surface area contributed by atoms with Gasteiger partial charge in [0.15, 0.2) is 0 Å². The Hall–Kier alpha value is -0.870. The van der Waals surface area contributed by atoms with E-state index in [0.29, 0.717) is 0 Å². The molecular weight excluding hydrogens is 223 g/mol. The van der Waals surface area contributed by atoms with Gasteiger partial charge in [-0.15, -0.1) is 0 Å². The van der Waals surface area contributed by atoms with E-state index in [1.807, 2.05) is 0 Å². The summed E-state index contributed by atoms with van der Waals surface area (Å²) in [7, 11) is 0. The third-order valence-electron chi connectivity index (χ3n) is 3.29. The van der Waals surface area contributed by atoms with Gasteiger partial charge >= 0.3 is 0 Å². The molecule has 2 rings (SSSR count). The third kappa shape index (κ3) is 3.07. The van der Waals surface area contributed by atoms with E-state index in [1.54, 1.807) is 11.1 Å². The fourth-order valence-electron chi connectivity index (χ4n) is 2.40. The van der Waals surface area contributed by atoms with Gasteiger partial charge in [-0.3, -0.25) is 0 Å². The molecule has 1 unspecified atom stereocenters. The second-order valence-electron chi connectivity index (χ2n) is 4.38. The van der Waals surface area contributed by atoms with Crippen molar-refractivity contribution in [3.8, 4) is 0 Å². The maximum atomic E-state index is 2.32. The topological polar surface area (TPSA) is 0 Å². The van der Waals surface area contributed by atoms with Crippen LogP contribution in [0.25, 0.3) is 10.8 Å². The Morgan fingerprint density at radius 1 is 0.941 bits per heavy atom. The second kappa shape index (κ2) is 6.77. The Morgan fingerprint density at radius 2 is 1.71 bits per heavy atom. The standard InChI is InChI=1S/C16H20.H3P/c1-3-5-8-13-11-12-14-9-6-7-10-16(14)15(13)4-2;/h6-7,9-12H,3-5,8H2,1-2H3;1H3. The molecule has 17 heavy (non-hydrogen) atoms. The number of hydrogen-bond donors (Lipinski definition) is 0. The Balaban J connectivity index is 0.00000144. The summed E-state index contributed by atoms with van der Waals surface area (Å²) in [6, 6.07) is 13.3. The predicted molar refractivity (Wildman–Crippen MR) is 83.0 cm³/mol. The monoisotopic (exact) mass is 246 g/mol. The third-order valence-corrected chi connectivity index (χ3v) is 3.29. The number of rotatable bonds is 4. The molecule has 0 radical (unpaired) electrons. The number of aryl methyl sites for hydroxylation is 2. The average Bonchev–Trinajstić information content (AvgIpc) is 2.35. The molecule has 0 N–H and O–H groups in total. The fraction of sp³-hybridized carbons (Fsp3) is 0.375. The molecule has 0 heterocycles. The van der Waals surface area contributed by atoms with Crippen molar-refractivity contribution in [2.45, 2.75) is 39.5 Å². The van der Waals surface area contributed by atoms with Gasteiger partial charge in [-0.1, -0.05) is 56.7 Å². The van der Waals surface area contributed by atoms with Crippen LogP contribution in [0.3, 0.4) is 0 Å². The minimum Gasteiger partial charge on any atom is -0.153 e. The van der Waals surface area contributed by atoms with Crippen molar-refractivity contribution in [3.63, 3.8) is 0 Å². The van der Waals surface area contributed by atoms with Crippen molar-refractivity contribution in [2.75, 3.05) is 0 Å². The summed E-state index contributed by atoms with van der Waals surface area (Å²) < 4.78 is 0. The molecule has 1 heteroatoms. The maximum Gasteiger partial charge on any atom is -0.0149 e. The molecule has 0 amide bonds. The lowest BCUT2D eigenvalue weighted by molar-refractivity contribution is 0.789. The van der Waals surface area contributed by atoms with Gasteiger partial charge in [0.1, 0.15) is 0 Å². The van der Waals surface area contributed by atoms with E-state index in [-0.39, 0.29) is 9.90 Å². The summed E-state index contributed by atoms with van der Waals surface area (Å²) in [5.41, 5.74) is 3.09. The van der Waals surface area contributed by atoms with Crippen LogP contribution in [0.4, 0.5) is 0 Å². The molecule has 0 nitrogen and oxygen atoms in total. The van der Waals surface area contributed by atoms with Crippen molar-refractivity contribution in [3.05, 3.63) is 47.5 Å². The van der Waals surface area contributed by atoms with Gasteiger partial charge in [0.2, 0.25) is 0 Å². The number of unbranched alkanes of at least 4 members (excludes halogenated alkanes) is 1. The second-order valence-corrected chi connectivity index (χ2v) is 4.38. The highest BCUT2D eigenvalue weighted by molar-refractivity contribution is 6.92. The van der Waals surface area contributed by atoms with Crippen LogP contribution in [0.2, 0.25) is 0 Å². The number of hydrogen-bond acceptors (Lipinski definition) is 0. The highest BCUT2D eigenvalue weighted by atomic mass is 31.0. The molecule has 0 aliphatic rings.